The number of allylic oxidation sites excluding steroid dienone is 1. The molecule has 0 saturated carbocycles. The number of aliphatic carboxylic acids is 1. The van der Waals surface area contributed by atoms with E-state index in [0.717, 1.165) is 0 Å². The molecule has 0 aromatic rings. The van der Waals surface area contributed by atoms with Crippen LogP contribution in [0.1, 0.15) is 19.8 Å². The van der Waals surface area contributed by atoms with Crippen molar-refractivity contribution in [3.63, 3.8) is 0 Å². The maximum absolute atomic E-state index is 10.9. The highest BCUT2D eigenvalue weighted by atomic mass is 79.9. The van der Waals surface area contributed by atoms with Crippen molar-refractivity contribution in [3.05, 3.63) is 10.6 Å². The minimum atomic E-state index is -0.909. The van der Waals surface area contributed by atoms with E-state index >= 15 is 0 Å². The van der Waals surface area contributed by atoms with Crippen LogP contribution in [0.5, 0.6) is 0 Å². The van der Waals surface area contributed by atoms with Crippen LogP contribution in [0.15, 0.2) is 10.6 Å². The standard InChI is InChI=1S/C8H9BrO3/c1-8(7(11)12)3-2-5(10)4-6(8)9/h4H,2-3H2,1H3,(H,11,12). The van der Waals surface area contributed by atoms with Gasteiger partial charge >= 0.3 is 5.97 Å². The number of hydrogen-bond acceptors (Lipinski definition) is 2. The molecule has 0 bridgehead atoms. The zero-order chi connectivity index (χ0) is 9.35. The Bertz CT molecular complexity index is 269. The van der Waals surface area contributed by atoms with E-state index in [1.807, 2.05) is 0 Å². The fourth-order valence-electron chi connectivity index (χ4n) is 1.07. The van der Waals surface area contributed by atoms with Gasteiger partial charge in [0.1, 0.15) is 0 Å². The Morgan fingerprint density at radius 1 is 1.75 bits per heavy atom. The third-order valence-electron chi connectivity index (χ3n) is 2.16. The lowest BCUT2D eigenvalue weighted by atomic mass is 9.80. The van der Waals surface area contributed by atoms with Crippen LogP contribution in [0.4, 0.5) is 0 Å². The van der Waals surface area contributed by atoms with Gasteiger partial charge in [0.15, 0.2) is 5.78 Å². The lowest BCUT2D eigenvalue weighted by molar-refractivity contribution is -0.146. The first kappa shape index (κ1) is 9.45. The molecule has 0 radical (unpaired) electrons. The van der Waals surface area contributed by atoms with Crippen molar-refractivity contribution in [2.24, 2.45) is 5.41 Å². The van der Waals surface area contributed by atoms with Gasteiger partial charge in [0, 0.05) is 10.9 Å². The van der Waals surface area contributed by atoms with Crippen LogP contribution in [0, 0.1) is 5.41 Å². The second kappa shape index (κ2) is 3.01. The van der Waals surface area contributed by atoms with E-state index in [-0.39, 0.29) is 5.78 Å². The second-order valence-corrected chi connectivity index (χ2v) is 3.95. The molecule has 0 fully saturated rings. The predicted octanol–water partition coefficient (Wildman–Crippen LogP) is 1.72. The highest BCUT2D eigenvalue weighted by molar-refractivity contribution is 9.11. The van der Waals surface area contributed by atoms with E-state index in [1.165, 1.54) is 6.08 Å². The molecule has 3 nitrogen and oxygen atoms in total. The molecule has 1 N–H and O–H groups in total. The molecule has 66 valence electrons. The number of carbonyl (C=O) groups excluding carboxylic acids is 1. The lowest BCUT2D eigenvalue weighted by Crippen LogP contribution is -2.31. The van der Waals surface area contributed by atoms with Gasteiger partial charge in [0.05, 0.1) is 5.41 Å². The zero-order valence-corrected chi connectivity index (χ0v) is 8.22. The molecule has 4 heteroatoms. The first-order valence-electron chi connectivity index (χ1n) is 3.61. The maximum atomic E-state index is 10.9. The van der Waals surface area contributed by atoms with Crippen molar-refractivity contribution in [1.82, 2.24) is 0 Å². The number of carboxylic acids is 1. The number of ketones is 1. The van der Waals surface area contributed by atoms with Gasteiger partial charge in [0.2, 0.25) is 0 Å². The molecule has 1 aliphatic rings. The molecular weight excluding hydrogens is 224 g/mol. The van der Waals surface area contributed by atoms with Crippen LogP contribution < -0.4 is 0 Å². The molecule has 1 rings (SSSR count). The summed E-state index contributed by atoms with van der Waals surface area (Å²) in [5, 5.41) is 8.87. The van der Waals surface area contributed by atoms with Gasteiger partial charge in [-0.1, -0.05) is 15.9 Å². The molecule has 0 aliphatic heterocycles. The largest absolute Gasteiger partial charge is 0.481 e. The number of rotatable bonds is 1. The van der Waals surface area contributed by atoms with Crippen molar-refractivity contribution in [1.29, 1.82) is 0 Å². The average Bonchev–Trinajstić information content (AvgIpc) is 1.97. The third kappa shape index (κ3) is 1.43. The average molecular weight is 233 g/mol. The Morgan fingerprint density at radius 2 is 2.33 bits per heavy atom. The van der Waals surface area contributed by atoms with E-state index in [2.05, 4.69) is 15.9 Å². The van der Waals surface area contributed by atoms with Crippen molar-refractivity contribution in [2.75, 3.05) is 0 Å². The first-order valence-corrected chi connectivity index (χ1v) is 4.40. The highest BCUT2D eigenvalue weighted by Crippen LogP contribution is 2.39. The Labute approximate surface area is 78.6 Å². The Balaban J connectivity index is 3.02. The first-order chi connectivity index (χ1) is 5.47. The number of carboxylic acid groups (broad SMARTS) is 1. The van der Waals surface area contributed by atoms with E-state index in [0.29, 0.717) is 17.3 Å². The van der Waals surface area contributed by atoms with E-state index in [4.69, 9.17) is 5.11 Å². The van der Waals surface area contributed by atoms with Gasteiger partial charge in [-0.05, 0) is 19.4 Å². The van der Waals surface area contributed by atoms with Gasteiger partial charge in [0.25, 0.3) is 0 Å². The molecule has 0 amide bonds. The SMILES string of the molecule is CC1(C(=O)O)CCC(=O)C=C1Br. The predicted molar refractivity (Wildman–Crippen MR) is 47.0 cm³/mol. The summed E-state index contributed by atoms with van der Waals surface area (Å²) < 4.78 is 0.471. The maximum Gasteiger partial charge on any atom is 0.314 e. The molecule has 0 spiro atoms. The summed E-state index contributed by atoms with van der Waals surface area (Å²) >= 11 is 3.11. The smallest absolute Gasteiger partial charge is 0.314 e. The molecule has 12 heavy (non-hydrogen) atoms. The fraction of sp³-hybridized carbons (Fsp3) is 0.500. The molecule has 0 aromatic carbocycles. The van der Waals surface area contributed by atoms with Crippen molar-refractivity contribution >= 4 is 27.7 Å². The van der Waals surface area contributed by atoms with Gasteiger partial charge in [-0.3, -0.25) is 9.59 Å². The summed E-state index contributed by atoms with van der Waals surface area (Å²) in [6.07, 6.45) is 2.05. The monoisotopic (exact) mass is 232 g/mol. The summed E-state index contributed by atoms with van der Waals surface area (Å²) in [7, 11) is 0. The fourth-order valence-corrected chi connectivity index (χ4v) is 1.70. The molecule has 1 aliphatic carbocycles. The molecule has 1 unspecified atom stereocenters. The lowest BCUT2D eigenvalue weighted by Gasteiger charge is -2.26. The number of carbonyl (C=O) groups is 2. The van der Waals surface area contributed by atoms with Gasteiger partial charge < -0.3 is 5.11 Å². The minimum absolute atomic E-state index is 0.0133. The normalized spacial score (nSPS) is 29.8. The summed E-state index contributed by atoms with van der Waals surface area (Å²) in [5.74, 6) is -0.904. The summed E-state index contributed by atoms with van der Waals surface area (Å²) in [6, 6.07) is 0. The van der Waals surface area contributed by atoms with Crippen LogP contribution in [-0.4, -0.2) is 16.9 Å². The van der Waals surface area contributed by atoms with Gasteiger partial charge in [-0.2, -0.15) is 0 Å². The zero-order valence-electron chi connectivity index (χ0n) is 6.63. The number of hydrogen-bond donors (Lipinski definition) is 1. The highest BCUT2D eigenvalue weighted by Gasteiger charge is 2.39. The van der Waals surface area contributed by atoms with E-state index in [9.17, 15) is 9.59 Å². The molecule has 0 aromatic heterocycles. The van der Waals surface area contributed by atoms with Crippen LogP contribution in [0.3, 0.4) is 0 Å². The third-order valence-corrected chi connectivity index (χ3v) is 3.26. The summed E-state index contributed by atoms with van der Waals surface area (Å²) in [5.41, 5.74) is -0.909. The summed E-state index contributed by atoms with van der Waals surface area (Å²) in [6.45, 7) is 1.61. The number of halogens is 1. The summed E-state index contributed by atoms with van der Waals surface area (Å²) in [4.78, 5) is 21.7. The van der Waals surface area contributed by atoms with Crippen molar-refractivity contribution < 1.29 is 14.7 Å². The van der Waals surface area contributed by atoms with Gasteiger partial charge in [-0.25, -0.2) is 0 Å². The molecule has 0 saturated heterocycles. The van der Waals surface area contributed by atoms with Gasteiger partial charge in [-0.15, -0.1) is 0 Å². The Hall–Kier alpha value is -0.640. The van der Waals surface area contributed by atoms with Crippen LogP contribution in [-0.2, 0) is 9.59 Å². The second-order valence-electron chi connectivity index (χ2n) is 3.10. The van der Waals surface area contributed by atoms with Crippen molar-refractivity contribution in [3.8, 4) is 0 Å². The quantitative estimate of drug-likeness (QED) is 0.750. The topological polar surface area (TPSA) is 54.4 Å². The van der Waals surface area contributed by atoms with Crippen LogP contribution >= 0.6 is 15.9 Å². The molecule has 1 atom stereocenters. The Kier molecular flexibility index (Phi) is 2.37. The van der Waals surface area contributed by atoms with Crippen LogP contribution in [0.2, 0.25) is 0 Å². The molecular formula is C8H9BrO3. The van der Waals surface area contributed by atoms with Crippen LogP contribution in [0.25, 0.3) is 0 Å². The molecule has 0 heterocycles. The van der Waals surface area contributed by atoms with E-state index in [1.54, 1.807) is 6.92 Å². The minimum Gasteiger partial charge on any atom is -0.481 e. The Morgan fingerprint density at radius 3 is 2.75 bits per heavy atom. The van der Waals surface area contributed by atoms with Crippen molar-refractivity contribution in [2.45, 2.75) is 19.8 Å². The van der Waals surface area contributed by atoms with E-state index < -0.39 is 11.4 Å².